The molecular formula is C19H31ClN2O2. The number of hydrogen-bond acceptors (Lipinski definition) is 3. The third-order valence-corrected chi connectivity index (χ3v) is 4.71. The summed E-state index contributed by atoms with van der Waals surface area (Å²) in [5.41, 5.74) is 7.34. The number of aryl methyl sites for hydroxylation is 1. The lowest BCUT2D eigenvalue weighted by molar-refractivity contribution is -0.134. The molecule has 0 radical (unpaired) electrons. The molecule has 1 fully saturated rings. The summed E-state index contributed by atoms with van der Waals surface area (Å²) < 4.78 is 5.72. The number of rotatable bonds is 6. The average molecular weight is 355 g/mol. The molecule has 0 saturated carbocycles. The minimum Gasteiger partial charge on any atom is -0.494 e. The van der Waals surface area contributed by atoms with Gasteiger partial charge in [-0.25, -0.2) is 0 Å². The molecule has 1 amide bonds. The van der Waals surface area contributed by atoms with E-state index in [-0.39, 0.29) is 29.8 Å². The molecule has 0 spiro atoms. The highest BCUT2D eigenvalue weighted by Crippen LogP contribution is 2.28. The van der Waals surface area contributed by atoms with Crippen LogP contribution in [0.25, 0.3) is 0 Å². The predicted octanol–water partition coefficient (Wildman–Crippen LogP) is 3.55. The molecule has 24 heavy (non-hydrogen) atoms. The number of ether oxygens (including phenoxy) is 1. The maximum Gasteiger partial charge on any atom is 0.222 e. The normalized spacial score (nSPS) is 19.5. The Morgan fingerprint density at radius 3 is 2.79 bits per heavy atom. The van der Waals surface area contributed by atoms with Crippen LogP contribution in [-0.2, 0) is 4.79 Å². The Kier molecular flexibility index (Phi) is 8.04. The van der Waals surface area contributed by atoms with Crippen LogP contribution < -0.4 is 10.5 Å². The van der Waals surface area contributed by atoms with E-state index in [0.717, 1.165) is 38.1 Å². The van der Waals surface area contributed by atoms with Crippen LogP contribution in [0.3, 0.4) is 0 Å². The number of unbranched alkanes of at least 4 members (excludes halogenated alkanes) is 1. The second-order valence-corrected chi connectivity index (χ2v) is 7.32. The number of carbonyl (C=O) groups is 1. The smallest absolute Gasteiger partial charge is 0.222 e. The Balaban J connectivity index is 0.00000288. The van der Waals surface area contributed by atoms with Gasteiger partial charge < -0.3 is 15.4 Å². The summed E-state index contributed by atoms with van der Waals surface area (Å²) in [4.78, 5) is 14.3. The molecule has 1 aromatic rings. The van der Waals surface area contributed by atoms with Crippen LogP contribution in [0, 0.1) is 12.3 Å². The van der Waals surface area contributed by atoms with Gasteiger partial charge in [0.25, 0.3) is 0 Å². The van der Waals surface area contributed by atoms with Gasteiger partial charge in [0.15, 0.2) is 0 Å². The molecule has 2 rings (SSSR count). The van der Waals surface area contributed by atoms with E-state index in [1.807, 2.05) is 23.1 Å². The van der Waals surface area contributed by atoms with Crippen molar-refractivity contribution in [3.63, 3.8) is 0 Å². The van der Waals surface area contributed by atoms with Crippen LogP contribution in [0.4, 0.5) is 0 Å². The first kappa shape index (κ1) is 20.8. The first-order chi connectivity index (χ1) is 10.9. The maximum absolute atomic E-state index is 12.3. The number of halogens is 1. The minimum atomic E-state index is 0. The van der Waals surface area contributed by atoms with Crippen molar-refractivity contribution in [1.29, 1.82) is 0 Å². The highest BCUT2D eigenvalue weighted by molar-refractivity contribution is 5.85. The molecule has 1 unspecified atom stereocenters. The number of likely N-dealkylation sites (tertiary alicyclic amines) is 1. The first-order valence-electron chi connectivity index (χ1n) is 8.61. The monoisotopic (exact) mass is 354 g/mol. The van der Waals surface area contributed by atoms with Crippen LogP contribution >= 0.6 is 12.4 Å². The molecule has 1 aliphatic heterocycles. The summed E-state index contributed by atoms with van der Waals surface area (Å²) in [7, 11) is 0. The molecule has 1 aromatic carbocycles. The Morgan fingerprint density at radius 1 is 1.38 bits per heavy atom. The van der Waals surface area contributed by atoms with Crippen molar-refractivity contribution in [2.24, 2.45) is 11.1 Å². The molecule has 4 nitrogen and oxygen atoms in total. The average Bonchev–Trinajstić information content (AvgIpc) is 2.49. The molecule has 2 N–H and O–H groups in total. The largest absolute Gasteiger partial charge is 0.494 e. The van der Waals surface area contributed by atoms with E-state index in [2.05, 4.69) is 26.8 Å². The Labute approximate surface area is 152 Å². The van der Waals surface area contributed by atoms with Crippen molar-refractivity contribution in [2.45, 2.75) is 52.5 Å². The lowest BCUT2D eigenvalue weighted by Gasteiger charge is -2.42. The van der Waals surface area contributed by atoms with Crippen molar-refractivity contribution in [2.75, 3.05) is 19.7 Å². The number of nitrogens with zero attached hydrogens (tertiary/aromatic N) is 1. The molecule has 5 heteroatoms. The van der Waals surface area contributed by atoms with E-state index in [1.165, 1.54) is 5.56 Å². The quantitative estimate of drug-likeness (QED) is 0.795. The number of carbonyl (C=O) groups excluding carboxylic acids is 1. The van der Waals surface area contributed by atoms with Gasteiger partial charge in [-0.05, 0) is 49.3 Å². The van der Waals surface area contributed by atoms with Gasteiger partial charge in [-0.2, -0.15) is 0 Å². The molecule has 0 bridgehead atoms. The van der Waals surface area contributed by atoms with E-state index in [9.17, 15) is 4.79 Å². The van der Waals surface area contributed by atoms with Crippen LogP contribution in [0.1, 0.15) is 45.1 Å². The van der Waals surface area contributed by atoms with Gasteiger partial charge in [0.2, 0.25) is 5.91 Å². The Bertz CT molecular complexity index is 534. The lowest BCUT2D eigenvalue weighted by Crippen LogP contribution is -2.53. The molecule has 0 aromatic heterocycles. The van der Waals surface area contributed by atoms with Gasteiger partial charge in [0, 0.05) is 25.6 Å². The van der Waals surface area contributed by atoms with E-state index < -0.39 is 0 Å². The lowest BCUT2D eigenvalue weighted by atomic mass is 9.79. The fourth-order valence-corrected chi connectivity index (χ4v) is 3.02. The maximum atomic E-state index is 12.3. The summed E-state index contributed by atoms with van der Waals surface area (Å²) in [5.74, 6) is 1.16. The first-order valence-corrected chi connectivity index (χ1v) is 8.61. The van der Waals surface area contributed by atoms with Gasteiger partial charge in [-0.1, -0.05) is 26.0 Å². The van der Waals surface area contributed by atoms with Crippen LogP contribution in [-0.4, -0.2) is 36.5 Å². The van der Waals surface area contributed by atoms with E-state index in [4.69, 9.17) is 10.5 Å². The topological polar surface area (TPSA) is 55.6 Å². The fraction of sp³-hybridized carbons (Fsp3) is 0.632. The van der Waals surface area contributed by atoms with Crippen LogP contribution in [0.5, 0.6) is 5.75 Å². The molecule has 1 saturated heterocycles. The van der Waals surface area contributed by atoms with Gasteiger partial charge in [-0.3, -0.25) is 4.79 Å². The molecule has 1 aliphatic rings. The van der Waals surface area contributed by atoms with Gasteiger partial charge in [0.05, 0.1) is 6.61 Å². The van der Waals surface area contributed by atoms with Gasteiger partial charge >= 0.3 is 0 Å². The zero-order valence-corrected chi connectivity index (χ0v) is 15.9. The zero-order chi connectivity index (χ0) is 16.9. The second-order valence-electron chi connectivity index (χ2n) is 7.32. The van der Waals surface area contributed by atoms with Crippen LogP contribution in [0.15, 0.2) is 24.3 Å². The predicted molar refractivity (Wildman–Crippen MR) is 101 cm³/mol. The van der Waals surface area contributed by atoms with Crippen molar-refractivity contribution < 1.29 is 9.53 Å². The third-order valence-electron chi connectivity index (χ3n) is 4.71. The van der Waals surface area contributed by atoms with E-state index in [1.54, 1.807) is 0 Å². The minimum absolute atomic E-state index is 0. The van der Waals surface area contributed by atoms with Crippen molar-refractivity contribution >= 4 is 18.3 Å². The summed E-state index contributed by atoms with van der Waals surface area (Å²) in [6, 6.07) is 8.24. The molecule has 1 atom stereocenters. The van der Waals surface area contributed by atoms with Gasteiger partial charge in [0.1, 0.15) is 5.75 Å². The van der Waals surface area contributed by atoms with Crippen LogP contribution in [0.2, 0.25) is 0 Å². The summed E-state index contributed by atoms with van der Waals surface area (Å²) in [6.45, 7) is 8.57. The molecule has 136 valence electrons. The Hall–Kier alpha value is -1.26. The fourth-order valence-electron chi connectivity index (χ4n) is 3.02. The van der Waals surface area contributed by atoms with Crippen molar-refractivity contribution in [3.05, 3.63) is 29.8 Å². The summed E-state index contributed by atoms with van der Waals surface area (Å²) >= 11 is 0. The number of nitrogens with two attached hydrogens (primary N) is 1. The van der Waals surface area contributed by atoms with Crippen molar-refractivity contribution in [3.8, 4) is 5.75 Å². The second kappa shape index (κ2) is 9.28. The van der Waals surface area contributed by atoms with E-state index in [0.29, 0.717) is 13.0 Å². The number of amides is 1. The third kappa shape index (κ3) is 5.99. The summed E-state index contributed by atoms with van der Waals surface area (Å²) in [6.07, 6.45) is 3.27. The molecule has 1 heterocycles. The number of piperidine rings is 1. The highest BCUT2D eigenvalue weighted by atomic mass is 35.5. The summed E-state index contributed by atoms with van der Waals surface area (Å²) in [5, 5.41) is 0. The molecular weight excluding hydrogens is 324 g/mol. The van der Waals surface area contributed by atoms with E-state index >= 15 is 0 Å². The SMILES string of the molecule is Cc1cccc(OCCCCC(=O)N2CCC(N)C(C)(C)C2)c1.Cl. The number of benzene rings is 1. The standard InChI is InChI=1S/C19H30N2O2.ClH/c1-15-7-6-8-16(13-15)23-12-5-4-9-18(22)21-11-10-17(20)19(2,3)14-21;/h6-8,13,17H,4-5,9-12,14,20H2,1-3H3;1H. The zero-order valence-electron chi connectivity index (χ0n) is 15.1. The molecule has 0 aliphatic carbocycles. The van der Waals surface area contributed by atoms with Crippen molar-refractivity contribution in [1.82, 2.24) is 4.90 Å². The van der Waals surface area contributed by atoms with Gasteiger partial charge in [-0.15, -0.1) is 12.4 Å². The Morgan fingerprint density at radius 2 is 2.12 bits per heavy atom. The highest BCUT2D eigenvalue weighted by Gasteiger charge is 2.34. The number of hydrogen-bond donors (Lipinski definition) is 1.